The molecule has 0 spiro atoms. The molecule has 0 aromatic heterocycles. The molecule has 2 N–H and O–H groups in total. The number of hydrogen-bond donors (Lipinski definition) is 2. The van der Waals surface area contributed by atoms with E-state index in [1.165, 1.54) is 0 Å². The second kappa shape index (κ2) is 6.21. The van der Waals surface area contributed by atoms with E-state index in [4.69, 9.17) is 4.74 Å². The Morgan fingerprint density at radius 2 is 1.89 bits per heavy atom. The molecule has 0 heterocycles. The van der Waals surface area contributed by atoms with Crippen molar-refractivity contribution in [2.24, 2.45) is 0 Å². The third kappa shape index (κ3) is 3.24. The quantitative estimate of drug-likeness (QED) is 0.811. The Morgan fingerprint density at radius 1 is 1.17 bits per heavy atom. The van der Waals surface area contributed by atoms with Crippen LogP contribution in [0.3, 0.4) is 0 Å². The molecule has 0 saturated heterocycles. The minimum atomic E-state index is -0.552. The second-order valence-electron chi connectivity index (χ2n) is 5.08. The lowest BCUT2D eigenvalue weighted by molar-refractivity contribution is 0.0299. The first kappa shape index (κ1) is 13.4. The number of ether oxygens (including phenoxy) is 1. The summed E-state index contributed by atoms with van der Waals surface area (Å²) >= 11 is 0. The lowest BCUT2D eigenvalue weighted by Gasteiger charge is -2.24. The van der Waals surface area contributed by atoms with Gasteiger partial charge in [0.05, 0.1) is 12.2 Å². The van der Waals surface area contributed by atoms with Crippen molar-refractivity contribution in [3.8, 4) is 5.75 Å². The van der Waals surface area contributed by atoms with Gasteiger partial charge in [-0.25, -0.2) is 0 Å². The van der Waals surface area contributed by atoms with Crippen LogP contribution in [0.1, 0.15) is 50.7 Å². The molecule has 0 radical (unpaired) electrons. The minimum Gasteiger partial charge on any atom is -0.487 e. The Morgan fingerprint density at radius 3 is 2.67 bits per heavy atom. The summed E-state index contributed by atoms with van der Waals surface area (Å²) in [5.74, 6) is 0.693. The molecular formula is C15H22O3. The van der Waals surface area contributed by atoms with E-state index in [0.717, 1.165) is 37.7 Å². The molecule has 2 rings (SSSR count). The number of rotatable bonds is 3. The average Bonchev–Trinajstić information content (AvgIpc) is 2.55. The van der Waals surface area contributed by atoms with Gasteiger partial charge in [-0.05, 0) is 32.3 Å². The first-order valence-corrected chi connectivity index (χ1v) is 6.80. The summed E-state index contributed by atoms with van der Waals surface area (Å²) in [5, 5.41) is 19.8. The lowest BCUT2D eigenvalue weighted by atomic mass is 10.1. The van der Waals surface area contributed by atoms with Gasteiger partial charge in [-0.3, -0.25) is 0 Å². The van der Waals surface area contributed by atoms with Crippen LogP contribution < -0.4 is 4.74 Å². The van der Waals surface area contributed by atoms with Crippen LogP contribution >= 0.6 is 0 Å². The SMILES string of the molecule is CC(O)c1ccccc1OC1CCCCCC1O. The number of hydrogen-bond acceptors (Lipinski definition) is 3. The fourth-order valence-corrected chi connectivity index (χ4v) is 2.49. The molecular weight excluding hydrogens is 228 g/mol. The largest absolute Gasteiger partial charge is 0.487 e. The van der Waals surface area contributed by atoms with Crippen molar-refractivity contribution in [1.29, 1.82) is 0 Å². The van der Waals surface area contributed by atoms with Crippen LogP contribution in [0.2, 0.25) is 0 Å². The van der Waals surface area contributed by atoms with Crippen LogP contribution in [0.5, 0.6) is 5.75 Å². The molecule has 1 saturated carbocycles. The van der Waals surface area contributed by atoms with E-state index < -0.39 is 12.2 Å². The molecule has 1 fully saturated rings. The van der Waals surface area contributed by atoms with Gasteiger partial charge in [0.1, 0.15) is 11.9 Å². The average molecular weight is 250 g/mol. The molecule has 3 heteroatoms. The van der Waals surface area contributed by atoms with Gasteiger partial charge in [0.15, 0.2) is 0 Å². The van der Waals surface area contributed by atoms with Crippen LogP contribution in [-0.2, 0) is 0 Å². The second-order valence-corrected chi connectivity index (χ2v) is 5.08. The lowest BCUT2D eigenvalue weighted by Crippen LogP contribution is -2.30. The fourth-order valence-electron chi connectivity index (χ4n) is 2.49. The van der Waals surface area contributed by atoms with Crippen molar-refractivity contribution in [1.82, 2.24) is 0 Å². The van der Waals surface area contributed by atoms with Crippen LogP contribution in [0.25, 0.3) is 0 Å². The maximum atomic E-state index is 10.1. The third-order valence-corrected chi connectivity index (χ3v) is 3.57. The van der Waals surface area contributed by atoms with E-state index in [2.05, 4.69) is 0 Å². The van der Waals surface area contributed by atoms with Gasteiger partial charge in [-0.1, -0.05) is 31.0 Å². The monoisotopic (exact) mass is 250 g/mol. The molecule has 1 aliphatic carbocycles. The van der Waals surface area contributed by atoms with Crippen molar-refractivity contribution in [2.75, 3.05) is 0 Å². The summed E-state index contributed by atoms with van der Waals surface area (Å²) in [6.45, 7) is 1.73. The van der Waals surface area contributed by atoms with E-state index in [9.17, 15) is 10.2 Å². The maximum Gasteiger partial charge on any atom is 0.125 e. The highest BCUT2D eigenvalue weighted by Gasteiger charge is 2.24. The zero-order chi connectivity index (χ0) is 13.0. The van der Waals surface area contributed by atoms with Crippen molar-refractivity contribution in [2.45, 2.75) is 57.3 Å². The highest BCUT2D eigenvalue weighted by molar-refractivity contribution is 5.35. The topological polar surface area (TPSA) is 49.7 Å². The van der Waals surface area contributed by atoms with Gasteiger partial charge in [0.25, 0.3) is 0 Å². The molecule has 3 atom stereocenters. The molecule has 18 heavy (non-hydrogen) atoms. The molecule has 100 valence electrons. The predicted octanol–water partition coefficient (Wildman–Crippen LogP) is 2.81. The Hall–Kier alpha value is -1.06. The van der Waals surface area contributed by atoms with Gasteiger partial charge in [-0.2, -0.15) is 0 Å². The number of para-hydroxylation sites is 1. The zero-order valence-corrected chi connectivity index (χ0v) is 10.9. The molecule has 1 aliphatic rings. The van der Waals surface area contributed by atoms with Gasteiger partial charge in [0.2, 0.25) is 0 Å². The molecule has 0 amide bonds. The first-order valence-electron chi connectivity index (χ1n) is 6.80. The van der Waals surface area contributed by atoms with E-state index >= 15 is 0 Å². The third-order valence-electron chi connectivity index (χ3n) is 3.57. The molecule has 1 aromatic rings. The highest BCUT2D eigenvalue weighted by Crippen LogP contribution is 2.29. The van der Waals surface area contributed by atoms with E-state index in [1.54, 1.807) is 6.92 Å². The van der Waals surface area contributed by atoms with Crippen LogP contribution in [0.4, 0.5) is 0 Å². The molecule has 0 aliphatic heterocycles. The summed E-state index contributed by atoms with van der Waals surface area (Å²) < 4.78 is 5.93. The summed E-state index contributed by atoms with van der Waals surface area (Å²) in [5.41, 5.74) is 0.786. The molecule has 3 nitrogen and oxygen atoms in total. The van der Waals surface area contributed by atoms with Gasteiger partial charge < -0.3 is 14.9 Å². The van der Waals surface area contributed by atoms with E-state index in [-0.39, 0.29) is 6.10 Å². The number of aliphatic hydroxyl groups excluding tert-OH is 2. The highest BCUT2D eigenvalue weighted by atomic mass is 16.5. The van der Waals surface area contributed by atoms with Gasteiger partial charge >= 0.3 is 0 Å². The zero-order valence-electron chi connectivity index (χ0n) is 10.9. The first-order chi connectivity index (χ1) is 8.68. The Labute approximate surface area is 108 Å². The van der Waals surface area contributed by atoms with E-state index in [1.807, 2.05) is 24.3 Å². The van der Waals surface area contributed by atoms with Crippen LogP contribution in [-0.4, -0.2) is 22.4 Å². The molecule has 3 unspecified atom stereocenters. The van der Waals surface area contributed by atoms with Gasteiger partial charge in [-0.15, -0.1) is 0 Å². The number of aliphatic hydroxyl groups is 2. The Kier molecular flexibility index (Phi) is 4.61. The molecule has 0 bridgehead atoms. The summed E-state index contributed by atoms with van der Waals surface area (Å²) in [6, 6.07) is 7.51. The van der Waals surface area contributed by atoms with E-state index in [0.29, 0.717) is 5.75 Å². The van der Waals surface area contributed by atoms with Crippen molar-refractivity contribution < 1.29 is 14.9 Å². The summed E-state index contributed by atoms with van der Waals surface area (Å²) in [6.07, 6.45) is 3.93. The van der Waals surface area contributed by atoms with Crippen LogP contribution in [0, 0.1) is 0 Å². The summed E-state index contributed by atoms with van der Waals surface area (Å²) in [4.78, 5) is 0. The predicted molar refractivity (Wildman–Crippen MR) is 70.6 cm³/mol. The smallest absolute Gasteiger partial charge is 0.125 e. The standard InChI is InChI=1S/C15H22O3/c1-11(16)12-7-5-6-9-14(12)18-15-10-4-2-3-8-13(15)17/h5-7,9,11,13,15-17H,2-4,8,10H2,1H3. The van der Waals surface area contributed by atoms with Crippen molar-refractivity contribution in [3.05, 3.63) is 29.8 Å². The normalized spacial score (nSPS) is 26.4. The Bertz CT molecular complexity index is 376. The fraction of sp³-hybridized carbons (Fsp3) is 0.600. The minimum absolute atomic E-state index is 0.146. The maximum absolute atomic E-state index is 10.1. The molecule has 1 aromatic carbocycles. The van der Waals surface area contributed by atoms with Gasteiger partial charge in [0, 0.05) is 5.56 Å². The summed E-state index contributed by atoms with van der Waals surface area (Å²) in [7, 11) is 0. The van der Waals surface area contributed by atoms with Crippen LogP contribution in [0.15, 0.2) is 24.3 Å². The van der Waals surface area contributed by atoms with Crippen molar-refractivity contribution >= 4 is 0 Å². The van der Waals surface area contributed by atoms with Crippen molar-refractivity contribution in [3.63, 3.8) is 0 Å². The number of benzene rings is 1. The Balaban J connectivity index is 2.12.